The topological polar surface area (TPSA) is 140 Å². The second kappa shape index (κ2) is 11.6. The van der Waals surface area contributed by atoms with Crippen molar-refractivity contribution in [3.05, 3.63) is 76.0 Å². The number of methoxy groups -OCH3 is 1. The van der Waals surface area contributed by atoms with Gasteiger partial charge in [0.25, 0.3) is 5.91 Å². The lowest BCUT2D eigenvalue weighted by molar-refractivity contribution is -0.137. The highest BCUT2D eigenvalue weighted by Crippen LogP contribution is 2.30. The molecule has 0 unspecified atom stereocenters. The molecular weight excluding hydrogens is 543 g/mol. The molecule has 4 aromatic rings. The molecule has 41 heavy (non-hydrogen) atoms. The Bertz CT molecular complexity index is 1690. The zero-order valence-corrected chi connectivity index (χ0v) is 22.5. The van der Waals surface area contributed by atoms with Gasteiger partial charge in [-0.05, 0) is 38.1 Å². The largest absolute Gasteiger partial charge is 0.497 e. The lowest BCUT2D eigenvalue weighted by Gasteiger charge is -2.17. The summed E-state index contributed by atoms with van der Waals surface area (Å²) in [6.07, 6.45) is -3.43. The fraction of sp³-hybridized carbons (Fsp3) is 0.259. The Morgan fingerprint density at radius 2 is 1.85 bits per heavy atom. The third-order valence-corrected chi connectivity index (χ3v) is 5.84. The number of alkyl halides is 3. The van der Waals surface area contributed by atoms with Gasteiger partial charge < -0.3 is 20.7 Å². The molecular formula is C27H26F3N7O4. The molecule has 0 aliphatic carbocycles. The van der Waals surface area contributed by atoms with Crippen molar-refractivity contribution < 1.29 is 27.5 Å². The smallest absolute Gasteiger partial charge is 0.416 e. The molecule has 2 aromatic heterocycles. The molecule has 2 amide bonds. The van der Waals surface area contributed by atoms with Crippen molar-refractivity contribution in [2.45, 2.75) is 32.5 Å². The van der Waals surface area contributed by atoms with Gasteiger partial charge in [-0.2, -0.15) is 23.1 Å². The Kier molecular flexibility index (Phi) is 8.21. The number of nitrogens with one attached hydrogen (secondary N) is 3. The zero-order valence-electron chi connectivity index (χ0n) is 22.5. The fourth-order valence-corrected chi connectivity index (χ4v) is 4.07. The highest BCUT2D eigenvalue weighted by atomic mass is 19.4. The van der Waals surface area contributed by atoms with Crippen molar-refractivity contribution in [3.63, 3.8) is 0 Å². The van der Waals surface area contributed by atoms with Gasteiger partial charge in [-0.15, -0.1) is 0 Å². The maximum absolute atomic E-state index is 13.3. The summed E-state index contributed by atoms with van der Waals surface area (Å²) in [7, 11) is 2.97. The van der Waals surface area contributed by atoms with E-state index in [0.29, 0.717) is 5.39 Å². The third kappa shape index (κ3) is 6.59. The lowest BCUT2D eigenvalue weighted by atomic mass is 10.1. The molecule has 0 saturated carbocycles. The highest BCUT2D eigenvalue weighted by Gasteiger charge is 2.31. The molecule has 0 atom stereocenters. The van der Waals surface area contributed by atoms with E-state index in [1.807, 2.05) is 0 Å². The van der Waals surface area contributed by atoms with Gasteiger partial charge in [0.2, 0.25) is 11.9 Å². The quantitative estimate of drug-likeness (QED) is 0.293. The van der Waals surface area contributed by atoms with Gasteiger partial charge in [0.05, 0.1) is 30.2 Å². The summed E-state index contributed by atoms with van der Waals surface area (Å²) in [5, 5.41) is 8.43. The van der Waals surface area contributed by atoms with Crippen LogP contribution in [0.25, 0.3) is 16.7 Å². The van der Waals surface area contributed by atoms with Crippen LogP contribution in [0.15, 0.2) is 53.5 Å². The Balaban J connectivity index is 1.83. The molecule has 4 rings (SSSR count). The van der Waals surface area contributed by atoms with Crippen LogP contribution in [-0.2, 0) is 17.4 Å². The summed E-state index contributed by atoms with van der Waals surface area (Å²) in [6, 6.07) is 8.13. The molecule has 0 spiro atoms. The first kappa shape index (κ1) is 29.0. The average Bonchev–Trinajstić information content (AvgIpc) is 2.91. The predicted molar refractivity (Wildman–Crippen MR) is 145 cm³/mol. The van der Waals surface area contributed by atoms with Crippen LogP contribution in [0.4, 0.5) is 24.8 Å². The van der Waals surface area contributed by atoms with Gasteiger partial charge in [0.1, 0.15) is 5.75 Å². The fourth-order valence-electron chi connectivity index (χ4n) is 4.07. The number of ether oxygens (including phenoxy) is 1. The minimum Gasteiger partial charge on any atom is -0.497 e. The number of benzene rings is 2. The molecule has 3 N–H and O–H groups in total. The monoisotopic (exact) mass is 569 g/mol. The van der Waals surface area contributed by atoms with Crippen molar-refractivity contribution in [3.8, 4) is 11.4 Å². The number of halogens is 3. The number of aromatic nitrogens is 4. The first-order valence-corrected chi connectivity index (χ1v) is 12.3. The minimum atomic E-state index is -4.63. The molecule has 11 nitrogen and oxygen atoms in total. The van der Waals surface area contributed by atoms with Crippen molar-refractivity contribution in [1.82, 2.24) is 24.8 Å². The van der Waals surface area contributed by atoms with E-state index in [-0.39, 0.29) is 58.3 Å². The van der Waals surface area contributed by atoms with Crippen LogP contribution in [0.3, 0.4) is 0 Å². The standard InChI is InChI=1S/C27H26F3N7O4/c1-14(2)33-22(38)12-21-20-13-32-25(31-3)35-23(20)36-26(40)37(21)18-9-17(10-19(11-18)41-4)34-24(39)15-6-5-7-16(8-15)27(28,29)30/h5-11,13-14H,12H2,1-4H3,(H,33,38)(H,34,39)(H,31,35,36,40). The van der Waals surface area contributed by atoms with Gasteiger partial charge >= 0.3 is 11.9 Å². The van der Waals surface area contributed by atoms with Gasteiger partial charge in [0.15, 0.2) is 5.65 Å². The van der Waals surface area contributed by atoms with E-state index >= 15 is 0 Å². The minimum absolute atomic E-state index is 0.0684. The Labute approximate surface area is 231 Å². The van der Waals surface area contributed by atoms with Gasteiger partial charge in [-0.25, -0.2) is 9.78 Å². The first-order chi connectivity index (χ1) is 19.4. The van der Waals surface area contributed by atoms with E-state index in [2.05, 4.69) is 30.9 Å². The van der Waals surface area contributed by atoms with Crippen molar-refractivity contribution in [2.75, 3.05) is 24.8 Å². The number of hydrogen-bond donors (Lipinski definition) is 3. The van der Waals surface area contributed by atoms with Crippen LogP contribution in [0.1, 0.15) is 35.5 Å². The first-order valence-electron chi connectivity index (χ1n) is 12.3. The molecule has 0 aliphatic heterocycles. The van der Waals surface area contributed by atoms with Crippen LogP contribution in [-0.4, -0.2) is 51.5 Å². The highest BCUT2D eigenvalue weighted by molar-refractivity contribution is 6.04. The number of fused-ring (bicyclic) bond motifs is 1. The molecule has 2 heterocycles. The molecule has 0 saturated heterocycles. The summed E-state index contributed by atoms with van der Waals surface area (Å²) in [5.74, 6) is -0.753. The number of nitrogens with zero attached hydrogens (tertiary/aromatic N) is 4. The van der Waals surface area contributed by atoms with Gasteiger partial charge in [-0.1, -0.05) is 6.07 Å². The Morgan fingerprint density at radius 1 is 1.10 bits per heavy atom. The molecule has 0 aliphatic rings. The Morgan fingerprint density at radius 3 is 2.51 bits per heavy atom. The van der Waals surface area contributed by atoms with Crippen LogP contribution in [0.2, 0.25) is 0 Å². The third-order valence-electron chi connectivity index (χ3n) is 5.84. The van der Waals surface area contributed by atoms with Crippen LogP contribution in [0.5, 0.6) is 5.75 Å². The number of rotatable bonds is 8. The van der Waals surface area contributed by atoms with E-state index in [4.69, 9.17) is 4.74 Å². The second-order valence-corrected chi connectivity index (χ2v) is 9.21. The van der Waals surface area contributed by atoms with E-state index in [1.165, 1.54) is 42.1 Å². The maximum atomic E-state index is 13.3. The second-order valence-electron chi connectivity index (χ2n) is 9.21. The number of anilines is 2. The van der Waals surface area contributed by atoms with E-state index < -0.39 is 23.3 Å². The molecule has 0 fully saturated rings. The van der Waals surface area contributed by atoms with Crippen molar-refractivity contribution in [1.29, 1.82) is 0 Å². The molecule has 14 heteroatoms. The summed E-state index contributed by atoms with van der Waals surface area (Å²) in [6.45, 7) is 3.58. The van der Waals surface area contributed by atoms with Crippen LogP contribution >= 0.6 is 0 Å². The number of carbonyl (C=O) groups is 2. The lowest BCUT2D eigenvalue weighted by Crippen LogP contribution is -2.34. The molecule has 0 bridgehead atoms. The molecule has 2 aromatic carbocycles. The van der Waals surface area contributed by atoms with E-state index in [1.54, 1.807) is 20.9 Å². The predicted octanol–water partition coefficient (Wildman–Crippen LogP) is 3.56. The molecule has 214 valence electrons. The van der Waals surface area contributed by atoms with Crippen LogP contribution in [0, 0.1) is 0 Å². The summed E-state index contributed by atoms with van der Waals surface area (Å²) in [5.41, 5.74) is -1.38. The van der Waals surface area contributed by atoms with Crippen LogP contribution < -0.4 is 26.4 Å². The van der Waals surface area contributed by atoms with Gasteiger partial charge in [-0.3, -0.25) is 14.2 Å². The number of carbonyl (C=O) groups excluding carboxylic acids is 2. The normalized spacial score (nSPS) is 11.4. The number of hydrogen-bond acceptors (Lipinski definition) is 8. The zero-order chi connectivity index (χ0) is 29.9. The summed E-state index contributed by atoms with van der Waals surface area (Å²) in [4.78, 5) is 51.5. The summed E-state index contributed by atoms with van der Waals surface area (Å²) < 4.78 is 46.0. The van der Waals surface area contributed by atoms with E-state index in [0.717, 1.165) is 18.2 Å². The Hall–Kier alpha value is -5.01. The average molecular weight is 570 g/mol. The summed E-state index contributed by atoms with van der Waals surface area (Å²) >= 11 is 0. The van der Waals surface area contributed by atoms with Gasteiger partial charge in [0, 0.05) is 48.4 Å². The van der Waals surface area contributed by atoms with Crippen molar-refractivity contribution >= 4 is 34.5 Å². The van der Waals surface area contributed by atoms with Crippen molar-refractivity contribution in [2.24, 2.45) is 0 Å². The SMILES string of the molecule is CNc1ncc2c(CC(=O)NC(C)C)n(-c3cc(NC(=O)c4cccc(C(F)(F)F)c4)cc(OC)c3)c(=O)nc2n1. The van der Waals surface area contributed by atoms with E-state index in [9.17, 15) is 27.6 Å². The number of amides is 2. The maximum Gasteiger partial charge on any atom is 0.416 e. The molecule has 0 radical (unpaired) electrons.